The van der Waals surface area contributed by atoms with Gasteiger partial charge >= 0.3 is 12.1 Å². The summed E-state index contributed by atoms with van der Waals surface area (Å²) in [5, 5.41) is 9.59. The number of aliphatic carboxylic acids is 1. The molecule has 3 nitrogen and oxygen atoms in total. The second-order valence-corrected chi connectivity index (χ2v) is 5.98. The highest BCUT2D eigenvalue weighted by Crippen LogP contribution is 2.49. The van der Waals surface area contributed by atoms with Crippen LogP contribution in [-0.4, -0.2) is 18.2 Å². The fourth-order valence-electron chi connectivity index (χ4n) is 2.92. The van der Waals surface area contributed by atoms with Crippen molar-refractivity contribution >= 4 is 21.9 Å². The molecule has 1 aromatic rings. The van der Waals surface area contributed by atoms with E-state index in [0.29, 0.717) is 18.4 Å². The highest BCUT2D eigenvalue weighted by atomic mass is 79.9. The summed E-state index contributed by atoms with van der Waals surface area (Å²) in [4.78, 5) is 11.7. The third-order valence-electron chi connectivity index (χ3n) is 3.95. The third-order valence-corrected chi connectivity index (χ3v) is 4.57. The number of alkyl halides is 3. The van der Waals surface area contributed by atoms with E-state index in [1.165, 1.54) is 7.11 Å². The van der Waals surface area contributed by atoms with E-state index in [1.54, 1.807) is 0 Å². The van der Waals surface area contributed by atoms with Gasteiger partial charge in [-0.2, -0.15) is 13.2 Å². The molecule has 116 valence electrons. The maximum atomic E-state index is 12.9. The zero-order valence-corrected chi connectivity index (χ0v) is 12.8. The van der Waals surface area contributed by atoms with Gasteiger partial charge in [0, 0.05) is 10.0 Å². The first kappa shape index (κ1) is 16.1. The number of hydrogen-bond donors (Lipinski definition) is 1. The van der Waals surface area contributed by atoms with Gasteiger partial charge in [0.15, 0.2) is 0 Å². The van der Waals surface area contributed by atoms with Crippen molar-refractivity contribution in [3.05, 3.63) is 27.7 Å². The van der Waals surface area contributed by atoms with Gasteiger partial charge in [0.1, 0.15) is 5.75 Å². The molecule has 1 aliphatic rings. The van der Waals surface area contributed by atoms with Gasteiger partial charge in [0.2, 0.25) is 0 Å². The fraction of sp³-hybridized carbons (Fsp3) is 0.500. The van der Waals surface area contributed by atoms with E-state index in [2.05, 4.69) is 15.9 Å². The molecule has 0 aromatic heterocycles. The Morgan fingerprint density at radius 3 is 2.33 bits per heavy atom. The Labute approximate surface area is 128 Å². The van der Waals surface area contributed by atoms with Crippen molar-refractivity contribution in [1.82, 2.24) is 0 Å². The Balaban J connectivity index is 2.66. The minimum Gasteiger partial charge on any atom is -0.496 e. The summed E-state index contributed by atoms with van der Waals surface area (Å²) in [7, 11) is 1.25. The van der Waals surface area contributed by atoms with Crippen molar-refractivity contribution in [1.29, 1.82) is 0 Å². The number of carboxylic acid groups (broad SMARTS) is 1. The quantitative estimate of drug-likeness (QED) is 0.863. The SMILES string of the molecule is COc1cc(C(F)(F)F)cc(Br)c1C1(C(=O)O)CCCC1. The summed E-state index contributed by atoms with van der Waals surface area (Å²) < 4.78 is 43.7. The topological polar surface area (TPSA) is 46.5 Å². The highest BCUT2D eigenvalue weighted by Gasteiger charge is 2.47. The van der Waals surface area contributed by atoms with Gasteiger partial charge in [-0.15, -0.1) is 0 Å². The van der Waals surface area contributed by atoms with E-state index in [1.807, 2.05) is 0 Å². The Kier molecular flexibility index (Phi) is 4.24. The van der Waals surface area contributed by atoms with Gasteiger partial charge in [-0.1, -0.05) is 28.8 Å². The molecule has 1 N–H and O–H groups in total. The summed E-state index contributed by atoms with van der Waals surface area (Å²) >= 11 is 3.10. The molecule has 0 unspecified atom stereocenters. The van der Waals surface area contributed by atoms with E-state index in [0.717, 1.165) is 25.0 Å². The molecule has 1 saturated carbocycles. The van der Waals surface area contributed by atoms with E-state index in [9.17, 15) is 23.1 Å². The predicted molar refractivity (Wildman–Crippen MR) is 73.5 cm³/mol. The number of benzene rings is 1. The Hall–Kier alpha value is -1.24. The van der Waals surface area contributed by atoms with Crippen molar-refractivity contribution < 1.29 is 27.8 Å². The zero-order valence-electron chi connectivity index (χ0n) is 11.3. The molecule has 0 saturated heterocycles. The summed E-state index contributed by atoms with van der Waals surface area (Å²) in [5.74, 6) is -1.07. The number of hydrogen-bond acceptors (Lipinski definition) is 2. The van der Waals surface area contributed by atoms with Crippen LogP contribution in [0.15, 0.2) is 16.6 Å². The van der Waals surface area contributed by atoms with E-state index >= 15 is 0 Å². The maximum absolute atomic E-state index is 12.9. The fourth-order valence-corrected chi connectivity index (χ4v) is 3.74. The number of ether oxygens (including phenoxy) is 1. The number of halogens is 4. The van der Waals surface area contributed by atoms with E-state index in [-0.39, 0.29) is 10.2 Å². The molecule has 1 aromatic carbocycles. The summed E-state index contributed by atoms with van der Waals surface area (Å²) in [6, 6.07) is 1.78. The van der Waals surface area contributed by atoms with Crippen molar-refractivity contribution in [3.63, 3.8) is 0 Å². The lowest BCUT2D eigenvalue weighted by molar-refractivity contribution is -0.143. The lowest BCUT2D eigenvalue weighted by Crippen LogP contribution is -2.33. The maximum Gasteiger partial charge on any atom is 0.416 e. The summed E-state index contributed by atoms with van der Waals surface area (Å²) in [5.41, 5.74) is -1.76. The Morgan fingerprint density at radius 2 is 1.90 bits per heavy atom. The molecule has 0 radical (unpaired) electrons. The smallest absolute Gasteiger partial charge is 0.416 e. The van der Waals surface area contributed by atoms with Gasteiger partial charge in [-0.3, -0.25) is 4.79 Å². The molecule has 0 spiro atoms. The molecule has 7 heteroatoms. The van der Waals surface area contributed by atoms with Crippen LogP contribution in [0, 0.1) is 0 Å². The van der Waals surface area contributed by atoms with Crippen LogP contribution in [-0.2, 0) is 16.4 Å². The Morgan fingerprint density at radius 1 is 1.33 bits per heavy atom. The summed E-state index contributed by atoms with van der Waals surface area (Å²) in [6.07, 6.45) is -2.28. The van der Waals surface area contributed by atoms with Crippen molar-refractivity contribution in [2.45, 2.75) is 37.3 Å². The molecular weight excluding hydrogens is 353 g/mol. The van der Waals surface area contributed by atoms with Crippen molar-refractivity contribution in [3.8, 4) is 5.75 Å². The number of carboxylic acids is 1. The van der Waals surface area contributed by atoms with E-state index < -0.39 is 23.1 Å². The van der Waals surface area contributed by atoms with Gasteiger partial charge in [-0.05, 0) is 25.0 Å². The van der Waals surface area contributed by atoms with Gasteiger partial charge < -0.3 is 9.84 Å². The monoisotopic (exact) mass is 366 g/mol. The normalized spacial score (nSPS) is 17.8. The minimum atomic E-state index is -4.51. The van der Waals surface area contributed by atoms with Gasteiger partial charge in [-0.25, -0.2) is 0 Å². The Bertz CT molecular complexity index is 563. The van der Waals surface area contributed by atoms with Crippen LogP contribution >= 0.6 is 15.9 Å². The molecule has 21 heavy (non-hydrogen) atoms. The van der Waals surface area contributed by atoms with E-state index in [4.69, 9.17) is 4.74 Å². The number of rotatable bonds is 3. The highest BCUT2D eigenvalue weighted by molar-refractivity contribution is 9.10. The minimum absolute atomic E-state index is 0.0407. The van der Waals surface area contributed by atoms with Crippen LogP contribution < -0.4 is 4.74 Å². The second kappa shape index (κ2) is 5.51. The average molecular weight is 367 g/mol. The lowest BCUT2D eigenvalue weighted by atomic mass is 9.78. The number of carbonyl (C=O) groups is 1. The molecule has 0 aliphatic heterocycles. The standard InChI is InChI=1S/C14H14BrF3O3/c1-21-10-7-8(14(16,17)18)6-9(15)11(10)13(12(19)20)4-2-3-5-13/h6-7H,2-5H2,1H3,(H,19,20). The van der Waals surface area contributed by atoms with Gasteiger partial charge in [0.05, 0.1) is 18.1 Å². The molecular formula is C14H14BrF3O3. The first-order valence-corrected chi connectivity index (χ1v) is 7.20. The lowest BCUT2D eigenvalue weighted by Gasteiger charge is -2.28. The van der Waals surface area contributed by atoms with Gasteiger partial charge in [0.25, 0.3) is 0 Å². The molecule has 2 rings (SSSR count). The molecule has 1 aliphatic carbocycles. The van der Waals surface area contributed by atoms with Crippen LogP contribution in [0.3, 0.4) is 0 Å². The average Bonchev–Trinajstić information content (AvgIpc) is 2.86. The molecule has 0 bridgehead atoms. The first-order valence-electron chi connectivity index (χ1n) is 6.41. The number of methoxy groups -OCH3 is 1. The largest absolute Gasteiger partial charge is 0.496 e. The van der Waals surface area contributed by atoms with Crippen LogP contribution in [0.25, 0.3) is 0 Å². The molecule has 1 fully saturated rings. The van der Waals surface area contributed by atoms with Crippen molar-refractivity contribution in [2.24, 2.45) is 0 Å². The molecule has 0 heterocycles. The first-order chi connectivity index (χ1) is 9.72. The molecule has 0 amide bonds. The second-order valence-electron chi connectivity index (χ2n) is 5.13. The summed E-state index contributed by atoms with van der Waals surface area (Å²) in [6.45, 7) is 0. The van der Waals surface area contributed by atoms with Crippen LogP contribution in [0.2, 0.25) is 0 Å². The predicted octanol–water partition coefficient (Wildman–Crippen LogP) is 4.37. The van der Waals surface area contributed by atoms with Crippen LogP contribution in [0.1, 0.15) is 36.8 Å². The molecule has 0 atom stereocenters. The van der Waals surface area contributed by atoms with Crippen molar-refractivity contribution in [2.75, 3.05) is 7.11 Å². The third kappa shape index (κ3) is 2.75. The zero-order chi connectivity index (χ0) is 15.8. The van der Waals surface area contributed by atoms with Crippen LogP contribution in [0.4, 0.5) is 13.2 Å². The van der Waals surface area contributed by atoms with Crippen LogP contribution in [0.5, 0.6) is 5.75 Å².